The van der Waals surface area contributed by atoms with Crippen molar-refractivity contribution in [3.8, 4) is 0 Å². The molecule has 0 spiro atoms. The average molecular weight is 187 g/mol. The molecule has 0 heterocycles. The van der Waals surface area contributed by atoms with Crippen molar-refractivity contribution in [3.05, 3.63) is 0 Å². The van der Waals surface area contributed by atoms with Gasteiger partial charge < -0.3 is 0 Å². The third-order valence-corrected chi connectivity index (χ3v) is 1.67. The normalized spacial score (nSPS) is 9.85. The van der Waals surface area contributed by atoms with Gasteiger partial charge in [0.05, 0.1) is 6.54 Å². The van der Waals surface area contributed by atoms with E-state index in [0.717, 1.165) is 13.0 Å². The van der Waals surface area contributed by atoms with E-state index in [0.29, 0.717) is 12.6 Å². The molecule has 0 radical (unpaired) electrons. The van der Waals surface area contributed by atoms with E-state index in [-0.39, 0.29) is 5.78 Å². The number of hydrogen-bond acceptors (Lipinski definition) is 2. The number of carbonyl (C=O) groups excluding carboxylic acids is 1. The Morgan fingerprint density at radius 1 is 1.31 bits per heavy atom. The van der Waals surface area contributed by atoms with Crippen molar-refractivity contribution >= 4 is 5.78 Å². The van der Waals surface area contributed by atoms with Crippen LogP contribution in [0.15, 0.2) is 0 Å². The summed E-state index contributed by atoms with van der Waals surface area (Å²) in [6.07, 6.45) is 1.12. The van der Waals surface area contributed by atoms with Crippen molar-refractivity contribution in [2.45, 2.75) is 54.0 Å². The fourth-order valence-corrected chi connectivity index (χ4v) is 1.09. The Bertz CT molecular complexity index is 121. The number of rotatable bonds is 5. The maximum atomic E-state index is 10.8. The second kappa shape index (κ2) is 9.72. The molecule has 0 atom stereocenters. The molecular formula is C11H25NO. The summed E-state index contributed by atoms with van der Waals surface area (Å²) < 4.78 is 0. The highest BCUT2D eigenvalue weighted by molar-refractivity contribution is 5.77. The molecule has 0 aliphatic rings. The van der Waals surface area contributed by atoms with Crippen molar-refractivity contribution in [1.82, 2.24) is 4.90 Å². The molecule has 0 aromatic carbocycles. The molecule has 0 aliphatic carbocycles. The molecule has 0 amide bonds. The largest absolute Gasteiger partial charge is 0.299 e. The molecule has 2 heteroatoms. The lowest BCUT2D eigenvalue weighted by Gasteiger charge is -2.24. The minimum Gasteiger partial charge on any atom is -0.299 e. The molecular weight excluding hydrogens is 162 g/mol. The number of hydrogen-bond donors (Lipinski definition) is 0. The van der Waals surface area contributed by atoms with E-state index < -0.39 is 0 Å². The van der Waals surface area contributed by atoms with Crippen LogP contribution < -0.4 is 0 Å². The summed E-state index contributed by atoms with van der Waals surface area (Å²) >= 11 is 0. The van der Waals surface area contributed by atoms with E-state index in [9.17, 15) is 4.79 Å². The van der Waals surface area contributed by atoms with Gasteiger partial charge in [0.1, 0.15) is 5.78 Å². The van der Waals surface area contributed by atoms with E-state index in [4.69, 9.17) is 0 Å². The van der Waals surface area contributed by atoms with E-state index >= 15 is 0 Å². The maximum absolute atomic E-state index is 10.8. The fraction of sp³-hybridized carbons (Fsp3) is 0.909. The van der Waals surface area contributed by atoms with Gasteiger partial charge in [-0.15, -0.1) is 0 Å². The minimum atomic E-state index is 0.257. The zero-order valence-electron chi connectivity index (χ0n) is 10.1. The van der Waals surface area contributed by atoms with Crippen LogP contribution in [0.1, 0.15) is 48.0 Å². The SMILES string of the molecule is CC.CCCN(CC(C)=O)C(C)C. The van der Waals surface area contributed by atoms with Crippen LogP contribution in [0.3, 0.4) is 0 Å². The Hall–Kier alpha value is -0.370. The lowest BCUT2D eigenvalue weighted by molar-refractivity contribution is -0.118. The van der Waals surface area contributed by atoms with Crippen LogP contribution in [0.25, 0.3) is 0 Å². The van der Waals surface area contributed by atoms with Crippen LogP contribution in [0.2, 0.25) is 0 Å². The first-order valence-electron chi connectivity index (χ1n) is 5.31. The quantitative estimate of drug-likeness (QED) is 0.659. The Labute approximate surface area is 83.3 Å². The lowest BCUT2D eigenvalue weighted by Crippen LogP contribution is -2.35. The smallest absolute Gasteiger partial charge is 0.143 e. The second-order valence-electron chi connectivity index (χ2n) is 3.27. The van der Waals surface area contributed by atoms with Crippen molar-refractivity contribution in [2.75, 3.05) is 13.1 Å². The first-order chi connectivity index (χ1) is 6.07. The zero-order valence-corrected chi connectivity index (χ0v) is 10.1. The Morgan fingerprint density at radius 3 is 2.00 bits per heavy atom. The lowest BCUT2D eigenvalue weighted by atomic mass is 10.2. The van der Waals surface area contributed by atoms with Crippen LogP contribution in [-0.2, 0) is 4.79 Å². The Balaban J connectivity index is 0. The highest BCUT2D eigenvalue weighted by Crippen LogP contribution is 1.98. The molecule has 0 fully saturated rings. The van der Waals surface area contributed by atoms with Crippen molar-refractivity contribution in [2.24, 2.45) is 0 Å². The Kier molecular flexibility index (Phi) is 11.3. The van der Waals surface area contributed by atoms with Gasteiger partial charge in [-0.1, -0.05) is 20.8 Å². The topological polar surface area (TPSA) is 20.3 Å². The third-order valence-electron chi connectivity index (χ3n) is 1.67. The first kappa shape index (κ1) is 15.1. The number of carbonyl (C=O) groups is 1. The highest BCUT2D eigenvalue weighted by Gasteiger charge is 2.09. The van der Waals surface area contributed by atoms with Gasteiger partial charge in [-0.2, -0.15) is 0 Å². The summed E-state index contributed by atoms with van der Waals surface area (Å²) in [6, 6.07) is 0.485. The monoisotopic (exact) mass is 187 g/mol. The third kappa shape index (κ3) is 9.54. The average Bonchev–Trinajstić information content (AvgIpc) is 2.06. The second-order valence-corrected chi connectivity index (χ2v) is 3.27. The number of nitrogens with zero attached hydrogens (tertiary/aromatic N) is 1. The minimum absolute atomic E-state index is 0.257. The van der Waals surface area contributed by atoms with Gasteiger partial charge in [-0.3, -0.25) is 9.69 Å². The van der Waals surface area contributed by atoms with Gasteiger partial charge in [0.15, 0.2) is 0 Å². The van der Waals surface area contributed by atoms with Crippen LogP contribution in [-0.4, -0.2) is 29.8 Å². The van der Waals surface area contributed by atoms with Crippen LogP contribution in [0.4, 0.5) is 0 Å². The zero-order chi connectivity index (χ0) is 10.9. The van der Waals surface area contributed by atoms with Crippen LogP contribution in [0.5, 0.6) is 0 Å². The molecule has 0 aliphatic heterocycles. The summed E-state index contributed by atoms with van der Waals surface area (Å²) in [5.74, 6) is 0.257. The summed E-state index contributed by atoms with van der Waals surface area (Å²) in [5, 5.41) is 0. The van der Waals surface area contributed by atoms with Crippen molar-refractivity contribution in [3.63, 3.8) is 0 Å². The van der Waals surface area contributed by atoms with E-state index in [1.54, 1.807) is 6.92 Å². The van der Waals surface area contributed by atoms with Gasteiger partial charge >= 0.3 is 0 Å². The molecule has 0 unspecified atom stereocenters. The van der Waals surface area contributed by atoms with Crippen LogP contribution in [0, 0.1) is 0 Å². The van der Waals surface area contributed by atoms with Crippen molar-refractivity contribution < 1.29 is 4.79 Å². The first-order valence-corrected chi connectivity index (χ1v) is 5.31. The van der Waals surface area contributed by atoms with E-state index in [2.05, 4.69) is 25.7 Å². The molecule has 13 heavy (non-hydrogen) atoms. The molecule has 80 valence electrons. The van der Waals surface area contributed by atoms with Gasteiger partial charge in [0.25, 0.3) is 0 Å². The molecule has 2 nitrogen and oxygen atoms in total. The summed E-state index contributed by atoms with van der Waals surface area (Å²) in [4.78, 5) is 13.0. The summed E-state index contributed by atoms with van der Waals surface area (Å²) in [5.41, 5.74) is 0. The molecule has 0 saturated carbocycles. The van der Waals surface area contributed by atoms with E-state index in [1.807, 2.05) is 13.8 Å². The predicted octanol–water partition coefficient (Wildman–Crippen LogP) is 2.72. The fourth-order valence-electron chi connectivity index (χ4n) is 1.09. The predicted molar refractivity (Wildman–Crippen MR) is 59.0 cm³/mol. The summed E-state index contributed by atoms with van der Waals surface area (Å²) in [7, 11) is 0. The van der Waals surface area contributed by atoms with Gasteiger partial charge in [-0.05, 0) is 33.7 Å². The standard InChI is InChI=1S/C9H19NO.C2H6/c1-5-6-10(8(2)3)7-9(4)11;1-2/h8H,5-7H2,1-4H3;1-2H3. The molecule has 0 saturated heterocycles. The number of Topliss-reactive ketones (excluding diaryl/α,β-unsaturated/α-hetero) is 1. The van der Waals surface area contributed by atoms with E-state index in [1.165, 1.54) is 0 Å². The molecule has 0 N–H and O–H groups in total. The Morgan fingerprint density at radius 2 is 1.77 bits per heavy atom. The van der Waals surface area contributed by atoms with Gasteiger partial charge in [0.2, 0.25) is 0 Å². The molecule has 0 bridgehead atoms. The maximum Gasteiger partial charge on any atom is 0.143 e. The highest BCUT2D eigenvalue weighted by atomic mass is 16.1. The molecule has 0 aromatic rings. The molecule has 0 rings (SSSR count). The summed E-state index contributed by atoms with van der Waals surface area (Å²) in [6.45, 7) is 13.7. The van der Waals surface area contributed by atoms with Crippen LogP contribution >= 0.6 is 0 Å². The number of ketones is 1. The molecule has 0 aromatic heterocycles. The van der Waals surface area contributed by atoms with Gasteiger partial charge in [0, 0.05) is 6.04 Å². The van der Waals surface area contributed by atoms with Crippen molar-refractivity contribution in [1.29, 1.82) is 0 Å². The van der Waals surface area contributed by atoms with Gasteiger partial charge in [-0.25, -0.2) is 0 Å².